The summed E-state index contributed by atoms with van der Waals surface area (Å²) in [6.45, 7) is 9.52. The van der Waals surface area contributed by atoms with E-state index in [9.17, 15) is 4.79 Å². The van der Waals surface area contributed by atoms with Crippen molar-refractivity contribution in [3.63, 3.8) is 0 Å². The van der Waals surface area contributed by atoms with E-state index in [1.54, 1.807) is 0 Å². The van der Waals surface area contributed by atoms with Gasteiger partial charge in [-0.1, -0.05) is 6.42 Å². The maximum absolute atomic E-state index is 12.2. The van der Waals surface area contributed by atoms with Crippen LogP contribution in [-0.2, 0) is 4.79 Å². The summed E-state index contributed by atoms with van der Waals surface area (Å²) in [7, 11) is 1.92. The number of hydrogen-bond donors (Lipinski definition) is 0. The summed E-state index contributed by atoms with van der Waals surface area (Å²) in [5, 5.41) is 0. The van der Waals surface area contributed by atoms with E-state index in [0.29, 0.717) is 18.6 Å². The van der Waals surface area contributed by atoms with Gasteiger partial charge in [-0.25, -0.2) is 0 Å². The van der Waals surface area contributed by atoms with Gasteiger partial charge in [0.2, 0.25) is 5.91 Å². The second-order valence-corrected chi connectivity index (χ2v) is 6.73. The third-order valence-electron chi connectivity index (χ3n) is 4.92. The lowest BCUT2D eigenvalue weighted by Gasteiger charge is -2.33. The maximum Gasteiger partial charge on any atom is 0.236 e. The number of likely N-dealkylation sites (N-methyl/N-ethyl adjacent to an activating group) is 1. The molecule has 0 bridgehead atoms. The Morgan fingerprint density at radius 3 is 2.50 bits per heavy atom. The Bertz CT molecular complexity index is 313. The van der Waals surface area contributed by atoms with Crippen LogP contribution in [0.15, 0.2) is 0 Å². The molecule has 4 nitrogen and oxygen atoms in total. The monoisotopic (exact) mass is 281 g/mol. The van der Waals surface area contributed by atoms with Gasteiger partial charge in [0.05, 0.1) is 6.54 Å². The lowest BCUT2D eigenvalue weighted by molar-refractivity contribution is -0.132. The van der Waals surface area contributed by atoms with Gasteiger partial charge in [-0.2, -0.15) is 0 Å². The molecule has 0 N–H and O–H groups in total. The molecule has 2 rings (SSSR count). The zero-order valence-corrected chi connectivity index (χ0v) is 13.5. The highest BCUT2D eigenvalue weighted by atomic mass is 16.2. The van der Waals surface area contributed by atoms with Crippen molar-refractivity contribution < 1.29 is 4.79 Å². The minimum absolute atomic E-state index is 0.269. The zero-order chi connectivity index (χ0) is 14.5. The number of likely N-dealkylation sites (tertiary alicyclic amines) is 2. The Hall–Kier alpha value is -0.610. The van der Waals surface area contributed by atoms with Crippen molar-refractivity contribution in [3.05, 3.63) is 0 Å². The number of rotatable bonds is 5. The van der Waals surface area contributed by atoms with Gasteiger partial charge in [0, 0.05) is 25.7 Å². The molecule has 1 atom stereocenters. The van der Waals surface area contributed by atoms with Crippen LogP contribution in [0.4, 0.5) is 0 Å². The minimum atomic E-state index is 0.269. The number of nitrogens with zero attached hydrogens (tertiary/aromatic N) is 3. The molecular weight excluding hydrogens is 250 g/mol. The molecule has 0 radical (unpaired) electrons. The normalized spacial score (nSPS) is 25.3. The number of piperidine rings is 1. The first-order valence-corrected chi connectivity index (χ1v) is 8.30. The van der Waals surface area contributed by atoms with Crippen LogP contribution in [0.25, 0.3) is 0 Å². The Morgan fingerprint density at radius 1 is 1.15 bits per heavy atom. The highest BCUT2D eigenvalue weighted by Gasteiger charge is 2.29. The summed E-state index contributed by atoms with van der Waals surface area (Å²) in [6, 6.07) is 0.892. The van der Waals surface area contributed by atoms with Gasteiger partial charge < -0.3 is 9.80 Å². The highest BCUT2D eigenvalue weighted by Crippen LogP contribution is 2.20. The number of carbonyl (C=O) groups is 1. The molecule has 0 unspecified atom stereocenters. The fraction of sp³-hybridized carbons (Fsp3) is 0.938. The van der Waals surface area contributed by atoms with Crippen molar-refractivity contribution in [2.24, 2.45) is 0 Å². The molecule has 2 heterocycles. The van der Waals surface area contributed by atoms with Gasteiger partial charge in [-0.3, -0.25) is 9.69 Å². The third-order valence-corrected chi connectivity index (χ3v) is 4.92. The molecule has 4 heteroatoms. The van der Waals surface area contributed by atoms with Gasteiger partial charge >= 0.3 is 0 Å². The van der Waals surface area contributed by atoms with Crippen molar-refractivity contribution in [3.8, 4) is 0 Å². The molecular formula is C16H31N3O. The largest absolute Gasteiger partial charge is 0.342 e. The predicted octanol–water partition coefficient (Wildman–Crippen LogP) is 1.80. The SMILES string of the molecule is CC(C)N(C)C(=O)CN1CCC[C@H]1CN1CCCCC1. The van der Waals surface area contributed by atoms with E-state index >= 15 is 0 Å². The van der Waals surface area contributed by atoms with Gasteiger partial charge in [0.15, 0.2) is 0 Å². The Morgan fingerprint density at radius 2 is 1.85 bits per heavy atom. The molecule has 2 fully saturated rings. The predicted molar refractivity (Wildman–Crippen MR) is 82.8 cm³/mol. The van der Waals surface area contributed by atoms with E-state index in [0.717, 1.165) is 6.54 Å². The van der Waals surface area contributed by atoms with Gasteiger partial charge in [-0.05, 0) is 59.2 Å². The zero-order valence-electron chi connectivity index (χ0n) is 13.5. The lowest BCUT2D eigenvalue weighted by atomic mass is 10.1. The second-order valence-electron chi connectivity index (χ2n) is 6.73. The third kappa shape index (κ3) is 4.19. The summed E-state index contributed by atoms with van der Waals surface area (Å²) in [5.41, 5.74) is 0. The van der Waals surface area contributed by atoms with E-state index in [1.807, 2.05) is 11.9 Å². The summed E-state index contributed by atoms with van der Waals surface area (Å²) < 4.78 is 0. The summed E-state index contributed by atoms with van der Waals surface area (Å²) in [5.74, 6) is 0.269. The molecule has 0 aromatic heterocycles. The second kappa shape index (κ2) is 7.41. The molecule has 20 heavy (non-hydrogen) atoms. The van der Waals surface area contributed by atoms with E-state index < -0.39 is 0 Å². The van der Waals surface area contributed by atoms with Crippen molar-refractivity contribution in [2.45, 2.75) is 58.0 Å². The summed E-state index contributed by atoms with van der Waals surface area (Å²) in [4.78, 5) is 19.1. The van der Waals surface area contributed by atoms with Crippen LogP contribution in [0.2, 0.25) is 0 Å². The molecule has 0 saturated carbocycles. The van der Waals surface area contributed by atoms with Crippen LogP contribution >= 0.6 is 0 Å². The first kappa shape index (κ1) is 15.8. The minimum Gasteiger partial charge on any atom is -0.342 e. The molecule has 1 amide bonds. The Kier molecular flexibility index (Phi) is 5.85. The highest BCUT2D eigenvalue weighted by molar-refractivity contribution is 5.78. The maximum atomic E-state index is 12.2. The lowest BCUT2D eigenvalue weighted by Crippen LogP contribution is -2.47. The van der Waals surface area contributed by atoms with E-state index in [4.69, 9.17) is 0 Å². The summed E-state index contributed by atoms with van der Waals surface area (Å²) in [6.07, 6.45) is 6.60. The average molecular weight is 281 g/mol. The van der Waals surface area contributed by atoms with Crippen molar-refractivity contribution >= 4 is 5.91 Å². The molecule has 2 aliphatic heterocycles. The Labute approximate surface area is 124 Å². The molecule has 0 spiro atoms. The smallest absolute Gasteiger partial charge is 0.236 e. The van der Waals surface area contributed by atoms with Gasteiger partial charge in [-0.15, -0.1) is 0 Å². The molecule has 2 saturated heterocycles. The molecule has 0 aromatic carbocycles. The average Bonchev–Trinajstić information content (AvgIpc) is 2.86. The van der Waals surface area contributed by atoms with E-state index in [1.165, 1.54) is 51.7 Å². The molecule has 0 aromatic rings. The fourth-order valence-corrected chi connectivity index (χ4v) is 3.32. The van der Waals surface area contributed by atoms with Gasteiger partial charge in [0.1, 0.15) is 0 Å². The van der Waals surface area contributed by atoms with Crippen LogP contribution in [0, 0.1) is 0 Å². The first-order chi connectivity index (χ1) is 9.58. The first-order valence-electron chi connectivity index (χ1n) is 8.30. The standard InChI is InChI=1S/C16H31N3O/c1-14(2)17(3)16(20)13-19-11-7-8-15(19)12-18-9-5-4-6-10-18/h14-15H,4-13H2,1-3H3/t15-/m0/s1. The number of amides is 1. The van der Waals surface area contributed by atoms with Crippen LogP contribution in [0.3, 0.4) is 0 Å². The number of hydrogen-bond acceptors (Lipinski definition) is 3. The number of carbonyl (C=O) groups excluding carboxylic acids is 1. The van der Waals surface area contributed by atoms with Gasteiger partial charge in [0.25, 0.3) is 0 Å². The van der Waals surface area contributed by atoms with Crippen molar-refractivity contribution in [2.75, 3.05) is 39.8 Å². The van der Waals surface area contributed by atoms with E-state index in [2.05, 4.69) is 23.6 Å². The molecule has 116 valence electrons. The molecule has 0 aliphatic carbocycles. The summed E-state index contributed by atoms with van der Waals surface area (Å²) >= 11 is 0. The molecule has 2 aliphatic rings. The Balaban J connectivity index is 1.82. The van der Waals surface area contributed by atoms with Crippen molar-refractivity contribution in [1.29, 1.82) is 0 Å². The van der Waals surface area contributed by atoms with Crippen LogP contribution < -0.4 is 0 Å². The fourth-order valence-electron chi connectivity index (χ4n) is 3.32. The van der Waals surface area contributed by atoms with Crippen LogP contribution in [0.1, 0.15) is 46.0 Å². The van der Waals surface area contributed by atoms with Crippen LogP contribution in [0.5, 0.6) is 0 Å². The topological polar surface area (TPSA) is 26.8 Å². The van der Waals surface area contributed by atoms with Crippen molar-refractivity contribution in [1.82, 2.24) is 14.7 Å². The van der Waals surface area contributed by atoms with Crippen LogP contribution in [-0.4, -0.2) is 72.5 Å². The quantitative estimate of drug-likeness (QED) is 0.769. The van der Waals surface area contributed by atoms with E-state index in [-0.39, 0.29) is 5.91 Å².